The maximum Gasteiger partial charge on any atom is 0.120 e. The third-order valence-corrected chi connectivity index (χ3v) is 3.42. The molecule has 1 aliphatic rings. The van der Waals surface area contributed by atoms with Crippen LogP contribution in [0.15, 0.2) is 28.7 Å². The zero-order valence-electron chi connectivity index (χ0n) is 9.42. The summed E-state index contributed by atoms with van der Waals surface area (Å²) in [6.45, 7) is 2.01. The molecule has 2 nitrogen and oxygen atoms in total. The largest absolute Gasteiger partial charge is 0.494 e. The van der Waals surface area contributed by atoms with Crippen LogP contribution in [0.1, 0.15) is 25.7 Å². The van der Waals surface area contributed by atoms with E-state index in [1.54, 1.807) is 0 Å². The monoisotopic (exact) mass is 283 g/mol. The van der Waals surface area contributed by atoms with E-state index in [1.165, 1.54) is 25.8 Å². The van der Waals surface area contributed by atoms with Crippen LogP contribution in [0.3, 0.4) is 0 Å². The van der Waals surface area contributed by atoms with Gasteiger partial charge in [0.05, 0.1) is 6.61 Å². The Hall–Kier alpha value is -0.540. The van der Waals surface area contributed by atoms with Crippen molar-refractivity contribution >= 4 is 15.9 Å². The quantitative estimate of drug-likeness (QED) is 0.837. The molecule has 16 heavy (non-hydrogen) atoms. The van der Waals surface area contributed by atoms with Crippen molar-refractivity contribution in [1.82, 2.24) is 5.32 Å². The van der Waals surface area contributed by atoms with E-state index in [2.05, 4.69) is 21.2 Å². The first-order chi connectivity index (χ1) is 7.84. The first kappa shape index (κ1) is 11.9. The number of nitrogens with one attached hydrogen (secondary N) is 1. The Morgan fingerprint density at radius 1 is 1.44 bits per heavy atom. The second-order valence-electron chi connectivity index (χ2n) is 4.24. The van der Waals surface area contributed by atoms with Gasteiger partial charge in [0.1, 0.15) is 5.75 Å². The van der Waals surface area contributed by atoms with Crippen LogP contribution in [0.4, 0.5) is 0 Å². The Bertz CT molecular complexity index is 323. The molecule has 0 amide bonds. The van der Waals surface area contributed by atoms with E-state index in [0.29, 0.717) is 0 Å². The molecular formula is C13H18BrNO. The molecule has 3 heteroatoms. The van der Waals surface area contributed by atoms with E-state index in [0.717, 1.165) is 29.3 Å². The summed E-state index contributed by atoms with van der Waals surface area (Å²) in [6, 6.07) is 8.74. The van der Waals surface area contributed by atoms with Gasteiger partial charge in [0.2, 0.25) is 0 Å². The molecule has 0 radical (unpaired) electrons. The van der Waals surface area contributed by atoms with Crippen molar-refractivity contribution in [3.63, 3.8) is 0 Å². The van der Waals surface area contributed by atoms with Gasteiger partial charge in [0.15, 0.2) is 0 Å². The van der Waals surface area contributed by atoms with Crippen molar-refractivity contribution in [2.45, 2.75) is 31.7 Å². The lowest BCUT2D eigenvalue weighted by molar-refractivity contribution is 0.299. The summed E-state index contributed by atoms with van der Waals surface area (Å²) in [5.74, 6) is 0.953. The van der Waals surface area contributed by atoms with Crippen LogP contribution in [0.5, 0.6) is 5.75 Å². The minimum atomic E-state index is 0.728. The topological polar surface area (TPSA) is 21.3 Å². The number of benzene rings is 1. The fourth-order valence-corrected chi connectivity index (χ4v) is 2.46. The maximum atomic E-state index is 5.69. The second kappa shape index (κ2) is 6.26. The Kier molecular flexibility index (Phi) is 4.67. The van der Waals surface area contributed by atoms with Gasteiger partial charge in [0.25, 0.3) is 0 Å². The molecule has 1 saturated heterocycles. The summed E-state index contributed by atoms with van der Waals surface area (Å²) in [5, 5.41) is 3.50. The molecule has 88 valence electrons. The summed E-state index contributed by atoms with van der Waals surface area (Å²) in [7, 11) is 0. The highest BCUT2D eigenvalue weighted by Gasteiger charge is 2.12. The Morgan fingerprint density at radius 2 is 2.38 bits per heavy atom. The van der Waals surface area contributed by atoms with Gasteiger partial charge in [-0.3, -0.25) is 0 Å². The molecule has 0 spiro atoms. The van der Waals surface area contributed by atoms with Crippen LogP contribution in [-0.4, -0.2) is 19.2 Å². The molecule has 0 saturated carbocycles. The summed E-state index contributed by atoms with van der Waals surface area (Å²) >= 11 is 3.43. The van der Waals surface area contributed by atoms with Gasteiger partial charge in [-0.15, -0.1) is 0 Å². The molecular weight excluding hydrogens is 266 g/mol. The third kappa shape index (κ3) is 3.80. The molecule has 1 N–H and O–H groups in total. The average molecular weight is 284 g/mol. The van der Waals surface area contributed by atoms with Crippen LogP contribution in [0.2, 0.25) is 0 Å². The van der Waals surface area contributed by atoms with Gasteiger partial charge >= 0.3 is 0 Å². The smallest absolute Gasteiger partial charge is 0.120 e. The lowest BCUT2D eigenvalue weighted by atomic mass is 10.1. The van der Waals surface area contributed by atoms with Gasteiger partial charge in [-0.25, -0.2) is 0 Å². The number of ether oxygens (including phenoxy) is 1. The zero-order valence-corrected chi connectivity index (χ0v) is 11.0. The highest BCUT2D eigenvalue weighted by molar-refractivity contribution is 9.10. The highest BCUT2D eigenvalue weighted by atomic mass is 79.9. The first-order valence-corrected chi connectivity index (χ1v) is 6.75. The van der Waals surface area contributed by atoms with Crippen LogP contribution >= 0.6 is 15.9 Å². The summed E-state index contributed by atoms with van der Waals surface area (Å²) in [4.78, 5) is 0. The molecule has 1 aliphatic heterocycles. The normalized spacial score (nSPS) is 19.9. The summed E-state index contributed by atoms with van der Waals surface area (Å²) in [5.41, 5.74) is 0. The highest BCUT2D eigenvalue weighted by Crippen LogP contribution is 2.18. The number of hydrogen-bond acceptors (Lipinski definition) is 2. The van der Waals surface area contributed by atoms with Gasteiger partial charge < -0.3 is 10.1 Å². The average Bonchev–Trinajstić information content (AvgIpc) is 2.77. The predicted octanol–water partition coefficient (Wildman–Crippen LogP) is 3.36. The molecule has 1 aromatic rings. The van der Waals surface area contributed by atoms with Crippen LogP contribution in [-0.2, 0) is 0 Å². The zero-order chi connectivity index (χ0) is 11.2. The number of hydrogen-bond donors (Lipinski definition) is 1. The Labute approximate surface area is 106 Å². The third-order valence-electron chi connectivity index (χ3n) is 2.92. The minimum absolute atomic E-state index is 0.728. The number of rotatable bonds is 5. The van der Waals surface area contributed by atoms with E-state index in [9.17, 15) is 0 Å². The molecule has 1 aromatic carbocycles. The second-order valence-corrected chi connectivity index (χ2v) is 5.16. The van der Waals surface area contributed by atoms with Crippen LogP contribution in [0.25, 0.3) is 0 Å². The van der Waals surface area contributed by atoms with E-state index >= 15 is 0 Å². The van der Waals surface area contributed by atoms with Gasteiger partial charge in [-0.2, -0.15) is 0 Å². The lowest BCUT2D eigenvalue weighted by Gasteiger charge is -2.10. The van der Waals surface area contributed by atoms with Crippen molar-refractivity contribution < 1.29 is 4.74 Å². The van der Waals surface area contributed by atoms with Crippen molar-refractivity contribution in [1.29, 1.82) is 0 Å². The van der Waals surface area contributed by atoms with Gasteiger partial charge in [0, 0.05) is 10.5 Å². The molecule has 1 atom stereocenters. The molecule has 2 rings (SSSR count). The molecule has 0 bridgehead atoms. The molecule has 0 aliphatic carbocycles. The Morgan fingerprint density at radius 3 is 3.12 bits per heavy atom. The lowest BCUT2D eigenvalue weighted by Crippen LogP contribution is -2.21. The predicted molar refractivity (Wildman–Crippen MR) is 69.9 cm³/mol. The van der Waals surface area contributed by atoms with Crippen LogP contribution < -0.4 is 10.1 Å². The summed E-state index contributed by atoms with van der Waals surface area (Å²) in [6.07, 6.45) is 5.02. The van der Waals surface area contributed by atoms with E-state index in [-0.39, 0.29) is 0 Å². The molecule has 0 aromatic heterocycles. The molecule has 1 unspecified atom stereocenters. The van der Waals surface area contributed by atoms with Gasteiger partial charge in [-0.1, -0.05) is 22.0 Å². The molecule has 1 heterocycles. The SMILES string of the molecule is Brc1cccc(OCCCC2CCCN2)c1. The van der Waals surface area contributed by atoms with E-state index < -0.39 is 0 Å². The van der Waals surface area contributed by atoms with Crippen LogP contribution in [0, 0.1) is 0 Å². The van der Waals surface area contributed by atoms with Crippen molar-refractivity contribution in [2.24, 2.45) is 0 Å². The summed E-state index contributed by atoms with van der Waals surface area (Å²) < 4.78 is 6.76. The fourth-order valence-electron chi connectivity index (χ4n) is 2.08. The molecule has 1 fully saturated rings. The fraction of sp³-hybridized carbons (Fsp3) is 0.538. The minimum Gasteiger partial charge on any atom is -0.494 e. The maximum absolute atomic E-state index is 5.69. The van der Waals surface area contributed by atoms with Gasteiger partial charge in [-0.05, 0) is 50.4 Å². The van der Waals surface area contributed by atoms with E-state index in [4.69, 9.17) is 4.74 Å². The standard InChI is InChI=1S/C13H18BrNO/c14-11-4-1-7-13(10-11)16-9-3-6-12-5-2-8-15-12/h1,4,7,10,12,15H,2-3,5-6,8-9H2. The van der Waals surface area contributed by atoms with E-state index in [1.807, 2.05) is 24.3 Å². The number of halogens is 1. The van der Waals surface area contributed by atoms with Crippen molar-refractivity contribution in [3.05, 3.63) is 28.7 Å². The Balaban J connectivity index is 1.64. The van der Waals surface area contributed by atoms with Crippen molar-refractivity contribution in [2.75, 3.05) is 13.2 Å². The van der Waals surface area contributed by atoms with Crippen molar-refractivity contribution in [3.8, 4) is 5.75 Å². The first-order valence-electron chi connectivity index (χ1n) is 5.96.